The van der Waals surface area contributed by atoms with Gasteiger partial charge in [0.2, 0.25) is 5.88 Å². The molecule has 0 aliphatic carbocycles. The van der Waals surface area contributed by atoms with Gasteiger partial charge in [-0.15, -0.1) is 12.4 Å². The predicted octanol–water partition coefficient (Wildman–Crippen LogP) is 2.46. The molecule has 0 radical (unpaired) electrons. The van der Waals surface area contributed by atoms with Gasteiger partial charge in [-0.3, -0.25) is 0 Å². The fourth-order valence-corrected chi connectivity index (χ4v) is 2.30. The summed E-state index contributed by atoms with van der Waals surface area (Å²) in [5, 5.41) is 13.9. The Balaban J connectivity index is 0.00000180. The predicted molar refractivity (Wildman–Crippen MR) is 81.5 cm³/mol. The number of ether oxygens (including phenoxy) is 1. The van der Waals surface area contributed by atoms with Gasteiger partial charge < -0.3 is 15.2 Å². The van der Waals surface area contributed by atoms with Gasteiger partial charge in [-0.1, -0.05) is 26.0 Å². The summed E-state index contributed by atoms with van der Waals surface area (Å²) in [4.78, 5) is 0. The smallest absolute Gasteiger partial charge is 0.233 e. The number of benzene rings is 1. The van der Waals surface area contributed by atoms with Gasteiger partial charge >= 0.3 is 0 Å². The summed E-state index contributed by atoms with van der Waals surface area (Å²) >= 11 is 1.41. The number of nitrogens with zero attached hydrogens (tertiary/aromatic N) is 1. The first-order chi connectivity index (χ1) is 8.66. The van der Waals surface area contributed by atoms with Crippen molar-refractivity contribution in [2.24, 2.45) is 0 Å². The average molecular weight is 303 g/mol. The van der Waals surface area contributed by atoms with Crippen molar-refractivity contribution in [1.29, 1.82) is 0 Å². The second kappa shape index (κ2) is 7.65. The maximum atomic E-state index is 9.76. The van der Waals surface area contributed by atoms with E-state index in [0.29, 0.717) is 18.5 Å². The molecule has 6 heteroatoms. The number of halogens is 1. The monoisotopic (exact) mass is 302 g/mol. The molecule has 1 aromatic carbocycles. The Bertz CT molecular complexity index is 504. The number of fused-ring (bicyclic) bond motifs is 1. The van der Waals surface area contributed by atoms with E-state index < -0.39 is 6.10 Å². The zero-order valence-electron chi connectivity index (χ0n) is 11.0. The Kier molecular flexibility index (Phi) is 6.51. The summed E-state index contributed by atoms with van der Waals surface area (Å²) in [7, 11) is 0. The lowest BCUT2D eigenvalue weighted by Gasteiger charge is -2.14. The fourth-order valence-electron chi connectivity index (χ4n) is 1.57. The summed E-state index contributed by atoms with van der Waals surface area (Å²) < 4.78 is 10.9. The van der Waals surface area contributed by atoms with Crippen LogP contribution in [0.5, 0.6) is 5.88 Å². The highest BCUT2D eigenvalue weighted by Gasteiger charge is 2.10. The molecule has 0 aliphatic rings. The van der Waals surface area contributed by atoms with Crippen molar-refractivity contribution in [2.45, 2.75) is 26.0 Å². The van der Waals surface area contributed by atoms with E-state index in [0.717, 1.165) is 10.1 Å². The summed E-state index contributed by atoms with van der Waals surface area (Å²) in [5.41, 5.74) is 0. The van der Waals surface area contributed by atoms with Crippen LogP contribution in [-0.2, 0) is 0 Å². The second-order valence-corrected chi connectivity index (χ2v) is 5.32. The van der Waals surface area contributed by atoms with Crippen molar-refractivity contribution in [3.8, 4) is 5.88 Å². The highest BCUT2D eigenvalue weighted by atomic mass is 35.5. The van der Waals surface area contributed by atoms with Crippen LogP contribution in [0.25, 0.3) is 10.1 Å². The molecule has 0 bridgehead atoms. The van der Waals surface area contributed by atoms with E-state index in [-0.39, 0.29) is 19.0 Å². The van der Waals surface area contributed by atoms with Crippen molar-refractivity contribution < 1.29 is 9.84 Å². The third-order valence-corrected chi connectivity index (χ3v) is 3.33. The van der Waals surface area contributed by atoms with Gasteiger partial charge in [0.15, 0.2) is 0 Å². The third-order valence-electron chi connectivity index (χ3n) is 2.52. The Hall–Kier alpha value is -0.880. The Morgan fingerprint density at radius 2 is 2.11 bits per heavy atom. The molecule has 4 nitrogen and oxygen atoms in total. The molecule has 19 heavy (non-hydrogen) atoms. The summed E-state index contributed by atoms with van der Waals surface area (Å²) in [6, 6.07) is 8.29. The standard InChI is InChI=1S/C13H18N2O2S.ClH/c1-9(2)14-7-10(16)8-17-13-11-5-3-4-6-12(11)18-15-13;/h3-6,9-10,14,16H,7-8H2,1-2H3;1H. The van der Waals surface area contributed by atoms with Gasteiger partial charge in [0.05, 0.1) is 10.1 Å². The first-order valence-electron chi connectivity index (χ1n) is 6.05. The minimum Gasteiger partial charge on any atom is -0.474 e. The highest BCUT2D eigenvalue weighted by molar-refractivity contribution is 7.13. The second-order valence-electron chi connectivity index (χ2n) is 4.51. The zero-order valence-corrected chi connectivity index (χ0v) is 12.6. The first kappa shape index (κ1) is 16.2. The molecular weight excluding hydrogens is 284 g/mol. The molecule has 1 unspecified atom stereocenters. The molecule has 1 heterocycles. The van der Waals surface area contributed by atoms with Gasteiger partial charge in [0.25, 0.3) is 0 Å². The van der Waals surface area contributed by atoms with Crippen molar-refractivity contribution in [1.82, 2.24) is 9.69 Å². The van der Waals surface area contributed by atoms with Gasteiger partial charge in [-0.05, 0) is 23.7 Å². The molecule has 0 amide bonds. The van der Waals surface area contributed by atoms with Crippen molar-refractivity contribution in [3.05, 3.63) is 24.3 Å². The quantitative estimate of drug-likeness (QED) is 0.860. The van der Waals surface area contributed by atoms with Gasteiger partial charge in [-0.25, -0.2) is 0 Å². The summed E-state index contributed by atoms with van der Waals surface area (Å²) in [6.45, 7) is 4.87. The molecule has 1 aromatic heterocycles. The van der Waals surface area contributed by atoms with E-state index >= 15 is 0 Å². The number of aliphatic hydroxyl groups is 1. The van der Waals surface area contributed by atoms with E-state index in [1.165, 1.54) is 11.5 Å². The van der Waals surface area contributed by atoms with Crippen molar-refractivity contribution >= 4 is 34.0 Å². The normalized spacial score (nSPS) is 12.4. The molecule has 2 rings (SSSR count). The number of nitrogens with one attached hydrogen (secondary N) is 1. The van der Waals surface area contributed by atoms with Crippen LogP contribution < -0.4 is 10.1 Å². The lowest BCUT2D eigenvalue weighted by molar-refractivity contribution is 0.103. The average Bonchev–Trinajstić information content (AvgIpc) is 2.77. The maximum Gasteiger partial charge on any atom is 0.233 e. The Morgan fingerprint density at radius 3 is 2.84 bits per heavy atom. The number of hydrogen-bond donors (Lipinski definition) is 2. The lowest BCUT2D eigenvalue weighted by Crippen LogP contribution is -2.35. The van der Waals surface area contributed by atoms with E-state index in [1.807, 2.05) is 38.1 Å². The molecule has 0 saturated carbocycles. The zero-order chi connectivity index (χ0) is 13.0. The molecular formula is C13H19ClN2O2S. The van der Waals surface area contributed by atoms with E-state index in [9.17, 15) is 5.11 Å². The van der Waals surface area contributed by atoms with Crippen LogP contribution in [0.4, 0.5) is 0 Å². The van der Waals surface area contributed by atoms with E-state index in [4.69, 9.17) is 4.74 Å². The van der Waals surface area contributed by atoms with Crippen molar-refractivity contribution in [3.63, 3.8) is 0 Å². The topological polar surface area (TPSA) is 54.4 Å². The largest absolute Gasteiger partial charge is 0.474 e. The van der Waals surface area contributed by atoms with Crippen LogP contribution in [0.1, 0.15) is 13.8 Å². The molecule has 0 aliphatic heterocycles. The first-order valence-corrected chi connectivity index (χ1v) is 6.83. The maximum absolute atomic E-state index is 9.76. The van der Waals surface area contributed by atoms with Crippen LogP contribution in [0.15, 0.2) is 24.3 Å². The molecule has 0 fully saturated rings. The van der Waals surface area contributed by atoms with E-state index in [1.54, 1.807) is 0 Å². The Labute approximate surface area is 123 Å². The lowest BCUT2D eigenvalue weighted by atomic mass is 10.3. The molecule has 2 N–H and O–H groups in total. The Morgan fingerprint density at radius 1 is 1.37 bits per heavy atom. The van der Waals surface area contributed by atoms with Gasteiger partial charge in [0.1, 0.15) is 12.7 Å². The molecule has 0 saturated heterocycles. The van der Waals surface area contributed by atoms with Gasteiger partial charge in [-0.2, -0.15) is 4.37 Å². The van der Waals surface area contributed by atoms with Crippen LogP contribution in [0, 0.1) is 0 Å². The molecule has 1 atom stereocenters. The molecule has 2 aromatic rings. The highest BCUT2D eigenvalue weighted by Crippen LogP contribution is 2.27. The van der Waals surface area contributed by atoms with Gasteiger partial charge in [0, 0.05) is 12.6 Å². The van der Waals surface area contributed by atoms with E-state index in [2.05, 4.69) is 9.69 Å². The summed E-state index contributed by atoms with van der Waals surface area (Å²) in [6.07, 6.45) is -0.520. The summed E-state index contributed by atoms with van der Waals surface area (Å²) in [5.74, 6) is 0.610. The van der Waals surface area contributed by atoms with Crippen LogP contribution >= 0.6 is 23.9 Å². The molecule has 0 spiro atoms. The van der Waals surface area contributed by atoms with Crippen LogP contribution in [-0.4, -0.2) is 34.8 Å². The van der Waals surface area contributed by atoms with Crippen LogP contribution in [0.3, 0.4) is 0 Å². The van der Waals surface area contributed by atoms with Crippen molar-refractivity contribution in [2.75, 3.05) is 13.2 Å². The molecule has 106 valence electrons. The number of aromatic nitrogens is 1. The van der Waals surface area contributed by atoms with Crippen LogP contribution in [0.2, 0.25) is 0 Å². The number of hydrogen-bond acceptors (Lipinski definition) is 5. The minimum atomic E-state index is -0.520. The third kappa shape index (κ3) is 4.62. The fraction of sp³-hybridized carbons (Fsp3) is 0.462. The SMILES string of the molecule is CC(C)NCC(O)COc1nsc2ccccc12.Cl. The number of aliphatic hydroxyl groups excluding tert-OH is 1. The number of rotatable bonds is 6. The minimum absolute atomic E-state index is 0.